The predicted octanol–water partition coefficient (Wildman–Crippen LogP) is -0.416. The number of rotatable bonds is 2. The SMILES string of the molecule is CS(=O)(=O)c1cccnc1C(N)=O. The first-order valence-corrected chi connectivity index (χ1v) is 5.27. The molecule has 1 rings (SSSR count). The molecule has 0 saturated heterocycles. The molecule has 0 aliphatic rings. The van der Waals surface area contributed by atoms with Crippen LogP contribution in [0.2, 0.25) is 0 Å². The minimum Gasteiger partial charge on any atom is -0.364 e. The molecule has 1 aromatic heterocycles. The fourth-order valence-corrected chi connectivity index (χ4v) is 1.71. The molecule has 0 unspecified atom stereocenters. The van der Waals surface area contributed by atoms with Gasteiger partial charge in [-0.2, -0.15) is 0 Å². The maximum atomic E-state index is 11.1. The third kappa shape index (κ3) is 2.03. The van der Waals surface area contributed by atoms with E-state index in [4.69, 9.17) is 5.73 Å². The standard InChI is InChI=1S/C7H8N2O3S/c1-13(11,12)5-3-2-4-9-6(5)7(8)10/h2-4H,1H3,(H2,8,10). The van der Waals surface area contributed by atoms with E-state index in [0.717, 1.165) is 6.26 Å². The zero-order chi connectivity index (χ0) is 10.1. The molecular weight excluding hydrogens is 192 g/mol. The summed E-state index contributed by atoms with van der Waals surface area (Å²) in [4.78, 5) is 14.2. The quantitative estimate of drug-likeness (QED) is 0.702. The van der Waals surface area contributed by atoms with Crippen LogP contribution in [0, 0.1) is 0 Å². The number of primary amides is 1. The average molecular weight is 200 g/mol. The van der Waals surface area contributed by atoms with Crippen LogP contribution < -0.4 is 5.73 Å². The highest BCUT2D eigenvalue weighted by atomic mass is 32.2. The van der Waals surface area contributed by atoms with E-state index < -0.39 is 15.7 Å². The highest BCUT2D eigenvalue weighted by Crippen LogP contribution is 2.11. The van der Waals surface area contributed by atoms with Crippen LogP contribution in [0.25, 0.3) is 0 Å². The highest BCUT2D eigenvalue weighted by Gasteiger charge is 2.16. The number of pyridine rings is 1. The van der Waals surface area contributed by atoms with Crippen molar-refractivity contribution in [2.45, 2.75) is 4.90 Å². The molecule has 0 spiro atoms. The molecule has 1 aromatic rings. The van der Waals surface area contributed by atoms with Gasteiger partial charge < -0.3 is 5.73 Å². The zero-order valence-electron chi connectivity index (χ0n) is 6.89. The second-order valence-electron chi connectivity index (χ2n) is 2.49. The van der Waals surface area contributed by atoms with Gasteiger partial charge in [0, 0.05) is 12.5 Å². The number of carbonyl (C=O) groups excluding carboxylic acids is 1. The summed E-state index contributed by atoms with van der Waals surface area (Å²) in [5, 5.41) is 0. The molecule has 0 fully saturated rings. The van der Waals surface area contributed by atoms with E-state index in [1.165, 1.54) is 18.3 Å². The van der Waals surface area contributed by atoms with E-state index in [0.29, 0.717) is 0 Å². The molecule has 0 atom stereocenters. The largest absolute Gasteiger partial charge is 0.364 e. The number of sulfone groups is 1. The molecule has 2 N–H and O–H groups in total. The smallest absolute Gasteiger partial charge is 0.268 e. The Morgan fingerprint density at radius 3 is 2.54 bits per heavy atom. The summed E-state index contributed by atoms with van der Waals surface area (Å²) in [6.07, 6.45) is 2.31. The lowest BCUT2D eigenvalue weighted by atomic mass is 10.3. The van der Waals surface area contributed by atoms with Crippen molar-refractivity contribution in [2.75, 3.05) is 6.26 Å². The predicted molar refractivity (Wildman–Crippen MR) is 45.9 cm³/mol. The number of hydrogen-bond donors (Lipinski definition) is 1. The van der Waals surface area contributed by atoms with Crippen molar-refractivity contribution in [3.05, 3.63) is 24.0 Å². The number of nitrogens with zero attached hydrogens (tertiary/aromatic N) is 1. The monoisotopic (exact) mass is 200 g/mol. The average Bonchev–Trinajstić information content (AvgIpc) is 2.03. The van der Waals surface area contributed by atoms with Crippen molar-refractivity contribution in [3.63, 3.8) is 0 Å². The Kier molecular flexibility index (Phi) is 2.33. The summed E-state index contributed by atoms with van der Waals surface area (Å²) in [5.74, 6) is -0.846. The number of nitrogens with two attached hydrogens (primary N) is 1. The molecule has 1 heterocycles. The summed E-state index contributed by atoms with van der Waals surface area (Å²) >= 11 is 0. The Morgan fingerprint density at radius 1 is 1.54 bits per heavy atom. The molecule has 0 radical (unpaired) electrons. The lowest BCUT2D eigenvalue weighted by Crippen LogP contribution is -2.17. The van der Waals surface area contributed by atoms with Crippen LogP contribution in [0.1, 0.15) is 10.5 Å². The van der Waals surface area contributed by atoms with Crippen molar-refractivity contribution in [1.82, 2.24) is 4.98 Å². The van der Waals surface area contributed by atoms with Gasteiger partial charge in [-0.1, -0.05) is 0 Å². The van der Waals surface area contributed by atoms with Gasteiger partial charge in [0.25, 0.3) is 5.91 Å². The first kappa shape index (κ1) is 9.66. The van der Waals surface area contributed by atoms with Gasteiger partial charge in [0.1, 0.15) is 5.69 Å². The van der Waals surface area contributed by atoms with Gasteiger partial charge in [0.15, 0.2) is 9.84 Å². The third-order valence-electron chi connectivity index (χ3n) is 1.40. The summed E-state index contributed by atoms with van der Waals surface area (Å²) in [5.41, 5.74) is 4.73. The summed E-state index contributed by atoms with van der Waals surface area (Å²) in [6.45, 7) is 0. The van der Waals surface area contributed by atoms with Crippen LogP contribution in [0.5, 0.6) is 0 Å². The molecule has 0 aliphatic heterocycles. The van der Waals surface area contributed by atoms with Gasteiger partial charge >= 0.3 is 0 Å². The van der Waals surface area contributed by atoms with Crippen LogP contribution in [0.4, 0.5) is 0 Å². The summed E-state index contributed by atoms with van der Waals surface area (Å²) < 4.78 is 22.2. The van der Waals surface area contributed by atoms with Crippen molar-refractivity contribution in [1.29, 1.82) is 0 Å². The van der Waals surface area contributed by atoms with Gasteiger partial charge in [-0.05, 0) is 12.1 Å². The van der Waals surface area contributed by atoms with Crippen LogP contribution >= 0.6 is 0 Å². The van der Waals surface area contributed by atoms with E-state index in [9.17, 15) is 13.2 Å². The summed E-state index contributed by atoms with van der Waals surface area (Å²) in [6, 6.07) is 2.73. The van der Waals surface area contributed by atoms with Crippen molar-refractivity contribution >= 4 is 15.7 Å². The van der Waals surface area contributed by atoms with Crippen molar-refractivity contribution in [3.8, 4) is 0 Å². The Labute approximate surface area is 75.5 Å². The Morgan fingerprint density at radius 2 is 2.15 bits per heavy atom. The van der Waals surface area contributed by atoms with E-state index in [2.05, 4.69) is 4.98 Å². The lowest BCUT2D eigenvalue weighted by Gasteiger charge is -2.01. The minimum absolute atomic E-state index is 0.137. The molecule has 70 valence electrons. The molecule has 0 bridgehead atoms. The van der Waals surface area contributed by atoms with Crippen LogP contribution in [-0.2, 0) is 9.84 Å². The van der Waals surface area contributed by atoms with Gasteiger partial charge in [-0.15, -0.1) is 0 Å². The zero-order valence-corrected chi connectivity index (χ0v) is 7.71. The second-order valence-corrected chi connectivity index (χ2v) is 4.47. The molecular formula is C7H8N2O3S. The van der Waals surface area contributed by atoms with Gasteiger partial charge in [-0.3, -0.25) is 4.79 Å². The van der Waals surface area contributed by atoms with Gasteiger partial charge in [0.2, 0.25) is 0 Å². The van der Waals surface area contributed by atoms with E-state index in [1.807, 2.05) is 0 Å². The number of hydrogen-bond acceptors (Lipinski definition) is 4. The van der Waals surface area contributed by atoms with E-state index in [-0.39, 0.29) is 10.6 Å². The maximum Gasteiger partial charge on any atom is 0.268 e. The fraction of sp³-hybridized carbons (Fsp3) is 0.143. The van der Waals surface area contributed by atoms with Crippen molar-refractivity contribution in [2.24, 2.45) is 5.73 Å². The molecule has 13 heavy (non-hydrogen) atoms. The van der Waals surface area contributed by atoms with E-state index >= 15 is 0 Å². The number of carbonyl (C=O) groups is 1. The van der Waals surface area contributed by atoms with Crippen LogP contribution in [0.15, 0.2) is 23.2 Å². The molecule has 0 saturated carbocycles. The van der Waals surface area contributed by atoms with Gasteiger partial charge in [0.05, 0.1) is 4.90 Å². The normalized spacial score (nSPS) is 11.2. The van der Waals surface area contributed by atoms with Gasteiger partial charge in [-0.25, -0.2) is 13.4 Å². The Balaban J connectivity index is 3.46. The second kappa shape index (κ2) is 3.14. The molecule has 1 amide bonds. The molecule has 0 aliphatic carbocycles. The maximum absolute atomic E-state index is 11.1. The Hall–Kier alpha value is -1.43. The number of amides is 1. The third-order valence-corrected chi connectivity index (χ3v) is 2.53. The molecule has 0 aromatic carbocycles. The highest BCUT2D eigenvalue weighted by molar-refractivity contribution is 7.90. The van der Waals surface area contributed by atoms with Crippen LogP contribution in [-0.4, -0.2) is 25.6 Å². The fourth-order valence-electron chi connectivity index (χ4n) is 0.875. The van der Waals surface area contributed by atoms with E-state index in [1.54, 1.807) is 0 Å². The Bertz CT molecular complexity index is 439. The molecule has 5 nitrogen and oxygen atoms in total. The first-order valence-electron chi connectivity index (χ1n) is 3.38. The first-order chi connectivity index (χ1) is 5.93. The van der Waals surface area contributed by atoms with Crippen molar-refractivity contribution < 1.29 is 13.2 Å². The van der Waals surface area contributed by atoms with Crippen LogP contribution in [0.3, 0.4) is 0 Å². The summed E-state index contributed by atoms with van der Waals surface area (Å²) in [7, 11) is -3.44. The topological polar surface area (TPSA) is 90.1 Å². The lowest BCUT2D eigenvalue weighted by molar-refractivity contribution is 0.0992. The minimum atomic E-state index is -3.44. The molecule has 6 heteroatoms. The number of aromatic nitrogens is 1.